The number of hydrogen-bond donors (Lipinski definition) is 2. The monoisotopic (exact) mass is 401 g/mol. The molecular weight excluding hydrogens is 374 g/mol. The third-order valence-corrected chi connectivity index (χ3v) is 3.91. The number of H-pyrrole nitrogens is 1. The molecule has 3 rings (SSSR count). The van der Waals surface area contributed by atoms with E-state index in [0.29, 0.717) is 29.0 Å². The molecule has 29 heavy (non-hydrogen) atoms. The minimum atomic E-state index is -0.590. The number of nitrogens with zero attached hydrogens (tertiary/aromatic N) is 3. The fourth-order valence-corrected chi connectivity index (χ4v) is 2.92. The van der Waals surface area contributed by atoms with Crippen LogP contribution in [-0.2, 0) is 17.8 Å². The van der Waals surface area contributed by atoms with E-state index in [0.717, 1.165) is 0 Å². The SMILES string of the molecule is CC(C)(C)Cn1c(=O)[nH]c2cccc(-c3nc(CNC(=O)OC(C)(C)C)no3)c21. The van der Waals surface area contributed by atoms with Crippen molar-refractivity contribution >= 4 is 17.1 Å². The Balaban J connectivity index is 1.88. The number of fused-ring (bicyclic) bond motifs is 1. The summed E-state index contributed by atoms with van der Waals surface area (Å²) >= 11 is 0. The van der Waals surface area contributed by atoms with Crippen molar-refractivity contribution in [3.8, 4) is 11.5 Å². The Hall–Kier alpha value is -3.10. The quantitative estimate of drug-likeness (QED) is 0.692. The van der Waals surface area contributed by atoms with Gasteiger partial charge >= 0.3 is 11.8 Å². The average molecular weight is 401 g/mol. The minimum Gasteiger partial charge on any atom is -0.444 e. The Labute approximate surface area is 168 Å². The van der Waals surface area contributed by atoms with Gasteiger partial charge in [-0.2, -0.15) is 4.98 Å². The van der Waals surface area contributed by atoms with Crippen LogP contribution in [0.15, 0.2) is 27.5 Å². The van der Waals surface area contributed by atoms with Crippen LogP contribution >= 0.6 is 0 Å². The smallest absolute Gasteiger partial charge is 0.408 e. The first-order chi connectivity index (χ1) is 13.4. The van der Waals surface area contributed by atoms with E-state index in [1.807, 2.05) is 18.2 Å². The van der Waals surface area contributed by atoms with Crippen molar-refractivity contribution in [2.24, 2.45) is 5.41 Å². The number of para-hydroxylation sites is 1. The van der Waals surface area contributed by atoms with Crippen molar-refractivity contribution in [2.45, 2.75) is 60.2 Å². The van der Waals surface area contributed by atoms with Gasteiger partial charge in [-0.05, 0) is 38.3 Å². The molecular formula is C20H27N5O4. The maximum Gasteiger partial charge on any atom is 0.408 e. The summed E-state index contributed by atoms with van der Waals surface area (Å²) in [6, 6.07) is 5.48. The minimum absolute atomic E-state index is 0.0658. The van der Waals surface area contributed by atoms with Gasteiger partial charge in [-0.3, -0.25) is 4.57 Å². The highest BCUT2D eigenvalue weighted by Gasteiger charge is 2.21. The molecule has 9 nitrogen and oxygen atoms in total. The molecule has 2 heterocycles. The Bertz CT molecular complexity index is 1080. The number of amides is 1. The predicted molar refractivity (Wildman–Crippen MR) is 108 cm³/mol. The molecule has 0 atom stereocenters. The summed E-state index contributed by atoms with van der Waals surface area (Å²) in [7, 11) is 0. The molecule has 0 aliphatic heterocycles. The molecule has 1 aromatic carbocycles. The summed E-state index contributed by atoms with van der Waals surface area (Å²) < 4.78 is 12.3. The van der Waals surface area contributed by atoms with Crippen molar-refractivity contribution in [1.29, 1.82) is 0 Å². The summed E-state index contributed by atoms with van der Waals surface area (Å²) in [5.41, 5.74) is 1.19. The highest BCUT2D eigenvalue weighted by Crippen LogP contribution is 2.28. The van der Waals surface area contributed by atoms with Crippen molar-refractivity contribution in [3.05, 3.63) is 34.5 Å². The zero-order valence-electron chi connectivity index (χ0n) is 17.6. The number of ether oxygens (including phenoxy) is 1. The molecule has 0 radical (unpaired) electrons. The summed E-state index contributed by atoms with van der Waals surface area (Å²) in [4.78, 5) is 31.5. The first-order valence-corrected chi connectivity index (χ1v) is 9.44. The third kappa shape index (κ3) is 5.04. The fourth-order valence-electron chi connectivity index (χ4n) is 2.92. The van der Waals surface area contributed by atoms with Gasteiger partial charge in [0.25, 0.3) is 5.89 Å². The number of aromatic nitrogens is 4. The molecule has 0 unspecified atom stereocenters. The molecule has 2 aromatic heterocycles. The summed E-state index contributed by atoms with van der Waals surface area (Å²) in [5, 5.41) is 6.52. The number of imidazole rings is 1. The second-order valence-electron chi connectivity index (χ2n) is 9.15. The molecule has 0 saturated heterocycles. The molecule has 0 saturated carbocycles. The normalized spacial score (nSPS) is 12.3. The van der Waals surface area contributed by atoms with Crippen molar-refractivity contribution in [2.75, 3.05) is 0 Å². The Kier molecular flexibility index (Phi) is 5.25. The number of benzene rings is 1. The van der Waals surface area contributed by atoms with Gasteiger partial charge in [-0.25, -0.2) is 9.59 Å². The van der Waals surface area contributed by atoms with Crippen LogP contribution < -0.4 is 11.0 Å². The third-order valence-electron chi connectivity index (χ3n) is 3.91. The molecule has 156 valence electrons. The van der Waals surface area contributed by atoms with E-state index in [-0.39, 0.29) is 23.5 Å². The van der Waals surface area contributed by atoms with Gasteiger partial charge in [0.1, 0.15) is 5.60 Å². The van der Waals surface area contributed by atoms with Gasteiger partial charge in [0.05, 0.1) is 23.1 Å². The lowest BCUT2D eigenvalue weighted by molar-refractivity contribution is 0.0522. The lowest BCUT2D eigenvalue weighted by atomic mass is 9.96. The van der Waals surface area contributed by atoms with Gasteiger partial charge in [0, 0.05) is 6.54 Å². The van der Waals surface area contributed by atoms with E-state index >= 15 is 0 Å². The predicted octanol–water partition coefficient (Wildman–Crippen LogP) is 3.45. The van der Waals surface area contributed by atoms with E-state index in [9.17, 15) is 9.59 Å². The summed E-state index contributed by atoms with van der Waals surface area (Å²) in [6.07, 6.45) is -0.560. The Morgan fingerprint density at radius 2 is 1.97 bits per heavy atom. The second kappa shape index (κ2) is 7.38. The highest BCUT2D eigenvalue weighted by molar-refractivity contribution is 5.89. The second-order valence-corrected chi connectivity index (χ2v) is 9.15. The standard InChI is InChI=1S/C20H27N5O4/c1-19(2,3)11-25-15-12(8-7-9-13(15)22-17(25)26)16-23-14(24-29-16)10-21-18(27)28-20(4,5)6/h7-9H,10-11H2,1-6H3,(H,21,27)(H,22,26). The molecule has 0 bridgehead atoms. The maximum absolute atomic E-state index is 12.5. The topological polar surface area (TPSA) is 115 Å². The van der Waals surface area contributed by atoms with E-state index in [4.69, 9.17) is 9.26 Å². The molecule has 9 heteroatoms. The highest BCUT2D eigenvalue weighted by atomic mass is 16.6. The van der Waals surface area contributed by atoms with Crippen LogP contribution in [0.2, 0.25) is 0 Å². The van der Waals surface area contributed by atoms with Gasteiger partial charge in [-0.1, -0.05) is 32.0 Å². The number of hydrogen-bond acceptors (Lipinski definition) is 6. The lowest BCUT2D eigenvalue weighted by Gasteiger charge is -2.19. The number of carbonyl (C=O) groups excluding carboxylic acids is 1. The van der Waals surface area contributed by atoms with Crippen LogP contribution in [0.4, 0.5) is 4.79 Å². The van der Waals surface area contributed by atoms with E-state index in [1.165, 1.54) is 0 Å². The average Bonchev–Trinajstić information content (AvgIpc) is 3.15. The fraction of sp³-hybridized carbons (Fsp3) is 0.500. The van der Waals surface area contributed by atoms with Crippen LogP contribution in [0, 0.1) is 5.41 Å². The number of aromatic amines is 1. The molecule has 0 aliphatic carbocycles. The molecule has 1 amide bonds. The van der Waals surface area contributed by atoms with Gasteiger partial charge in [0.15, 0.2) is 5.82 Å². The number of nitrogens with one attached hydrogen (secondary N) is 2. The van der Waals surface area contributed by atoms with E-state index in [1.54, 1.807) is 25.3 Å². The Morgan fingerprint density at radius 1 is 1.24 bits per heavy atom. The van der Waals surface area contributed by atoms with Crippen molar-refractivity contribution < 1.29 is 14.1 Å². The molecule has 2 N–H and O–H groups in total. The first kappa shape index (κ1) is 20.6. The zero-order chi connectivity index (χ0) is 21.4. The van der Waals surface area contributed by atoms with Crippen molar-refractivity contribution in [1.82, 2.24) is 25.0 Å². The molecule has 0 fully saturated rings. The molecule has 0 spiro atoms. The van der Waals surface area contributed by atoms with Crippen LogP contribution in [0.3, 0.4) is 0 Å². The molecule has 3 aromatic rings. The molecule has 0 aliphatic rings. The summed E-state index contributed by atoms with van der Waals surface area (Å²) in [6.45, 7) is 12.1. The van der Waals surface area contributed by atoms with Gasteiger partial charge < -0.3 is 19.6 Å². The summed E-state index contributed by atoms with van der Waals surface area (Å²) in [5.74, 6) is 0.585. The van der Waals surface area contributed by atoms with Crippen LogP contribution in [0.1, 0.15) is 47.4 Å². The van der Waals surface area contributed by atoms with E-state index in [2.05, 4.69) is 41.2 Å². The van der Waals surface area contributed by atoms with Crippen molar-refractivity contribution in [3.63, 3.8) is 0 Å². The van der Waals surface area contributed by atoms with E-state index < -0.39 is 11.7 Å². The largest absolute Gasteiger partial charge is 0.444 e. The Morgan fingerprint density at radius 3 is 2.62 bits per heavy atom. The number of rotatable bonds is 4. The zero-order valence-corrected chi connectivity index (χ0v) is 17.6. The number of alkyl carbamates (subject to hydrolysis) is 1. The van der Waals surface area contributed by atoms with Gasteiger partial charge in [-0.15, -0.1) is 0 Å². The maximum atomic E-state index is 12.5. The first-order valence-electron chi connectivity index (χ1n) is 9.44. The van der Waals surface area contributed by atoms with Gasteiger partial charge in [0.2, 0.25) is 0 Å². The van der Waals surface area contributed by atoms with Crippen LogP contribution in [0.25, 0.3) is 22.5 Å². The van der Waals surface area contributed by atoms with Crippen LogP contribution in [0.5, 0.6) is 0 Å². The number of carbonyl (C=O) groups is 1. The lowest BCUT2D eigenvalue weighted by Crippen LogP contribution is -2.32. The van der Waals surface area contributed by atoms with Crippen LogP contribution in [-0.4, -0.2) is 31.4 Å².